The molecule has 0 spiro atoms. The Balaban J connectivity index is 1.78. The Morgan fingerprint density at radius 1 is 0.645 bits per heavy atom. The molecule has 0 aliphatic carbocycles. The molecule has 0 fully saturated rings. The van der Waals surface area contributed by atoms with Gasteiger partial charge in [-0.05, 0) is 0 Å². The standard InChI is InChI=1S/2C9H7NO.2C4H9.Sn/c2*11-8-5-1-3-7-4-2-6-10-9(7)8;2*1-3-4-2;/h2*1-6,11H;2*1,3-4H2,2H3;/q;;;;+2/p-2. The van der Waals surface area contributed by atoms with Crippen molar-refractivity contribution in [1.29, 1.82) is 0 Å². The van der Waals surface area contributed by atoms with Gasteiger partial charge in [-0.3, -0.25) is 0 Å². The second-order valence-electron chi connectivity index (χ2n) is 7.98. The minimum atomic E-state index is -3.59. The topological polar surface area (TPSA) is 44.2 Å². The zero-order valence-corrected chi connectivity index (χ0v) is 21.2. The molecule has 0 radical (unpaired) electrons. The van der Waals surface area contributed by atoms with E-state index in [0.29, 0.717) is 0 Å². The molecule has 0 unspecified atom stereocenters. The molecule has 0 saturated heterocycles. The fourth-order valence-electron chi connectivity index (χ4n) is 3.96. The summed E-state index contributed by atoms with van der Waals surface area (Å²) in [6, 6.07) is 20.5. The number of fused-ring (bicyclic) bond motifs is 2. The van der Waals surface area contributed by atoms with E-state index in [2.05, 4.69) is 60.2 Å². The maximum absolute atomic E-state index is 6.97. The number of hydrogen-bond donors (Lipinski definition) is 0. The van der Waals surface area contributed by atoms with Gasteiger partial charge >= 0.3 is 190 Å². The number of hydrogen-bond acceptors (Lipinski definition) is 4. The Labute approximate surface area is 189 Å². The molecule has 2 aromatic carbocycles. The number of pyridine rings is 2. The van der Waals surface area contributed by atoms with Crippen LogP contribution >= 0.6 is 0 Å². The molecule has 160 valence electrons. The number of unbranched alkanes of at least 4 members (excludes halogenated alkanes) is 2. The van der Waals surface area contributed by atoms with E-state index in [9.17, 15) is 0 Å². The number of aromatic nitrogens is 2. The van der Waals surface area contributed by atoms with Crippen LogP contribution in [0.4, 0.5) is 0 Å². The number of para-hydroxylation sites is 2. The summed E-state index contributed by atoms with van der Waals surface area (Å²) in [4.78, 5) is 9.25. The molecule has 0 bridgehead atoms. The Kier molecular flexibility index (Phi) is 7.28. The molecule has 2 heterocycles. The molecule has 0 amide bonds. The van der Waals surface area contributed by atoms with Crippen molar-refractivity contribution in [3.8, 4) is 11.5 Å². The number of rotatable bonds is 10. The molecule has 4 nitrogen and oxygen atoms in total. The van der Waals surface area contributed by atoms with E-state index in [1.165, 1.54) is 0 Å². The zero-order chi connectivity index (χ0) is 21.5. The minimum absolute atomic E-state index is 0.856. The molecule has 4 aromatic rings. The molecular formula is C26H30N2O2Sn. The number of nitrogens with zero attached hydrogens (tertiary/aromatic N) is 2. The van der Waals surface area contributed by atoms with E-state index in [4.69, 9.17) is 6.15 Å². The van der Waals surface area contributed by atoms with Gasteiger partial charge in [-0.1, -0.05) is 0 Å². The Hall–Kier alpha value is -2.34. The second kappa shape index (κ2) is 10.3. The van der Waals surface area contributed by atoms with Crippen LogP contribution in [-0.4, -0.2) is 29.2 Å². The summed E-state index contributed by atoms with van der Waals surface area (Å²) in [6.07, 6.45) is 8.13. The van der Waals surface area contributed by atoms with Gasteiger partial charge in [0.15, 0.2) is 0 Å². The first kappa shape index (κ1) is 21.9. The van der Waals surface area contributed by atoms with Gasteiger partial charge in [-0.25, -0.2) is 0 Å². The summed E-state index contributed by atoms with van der Waals surface area (Å²) >= 11 is -3.59. The fourth-order valence-corrected chi connectivity index (χ4v) is 14.3. The van der Waals surface area contributed by atoms with Gasteiger partial charge in [-0.15, -0.1) is 0 Å². The molecular weight excluding hydrogens is 491 g/mol. The van der Waals surface area contributed by atoms with Crippen LogP contribution in [0.3, 0.4) is 0 Å². The molecule has 0 saturated carbocycles. The van der Waals surface area contributed by atoms with Crippen molar-refractivity contribution in [2.24, 2.45) is 0 Å². The van der Waals surface area contributed by atoms with Gasteiger partial charge in [-0.2, -0.15) is 0 Å². The Morgan fingerprint density at radius 2 is 1.10 bits per heavy atom. The van der Waals surface area contributed by atoms with Gasteiger partial charge in [0.05, 0.1) is 0 Å². The van der Waals surface area contributed by atoms with Crippen LogP contribution in [0.1, 0.15) is 39.5 Å². The summed E-state index contributed by atoms with van der Waals surface area (Å²) in [7, 11) is 0. The SMILES string of the molecule is CCC[CH2][Sn]([CH2]CCC)([O]c1cccc2cccnc12)[O]c1cccc2cccnc12. The van der Waals surface area contributed by atoms with E-state index >= 15 is 0 Å². The molecule has 31 heavy (non-hydrogen) atoms. The molecule has 2 aromatic heterocycles. The van der Waals surface area contributed by atoms with Crippen LogP contribution in [0.5, 0.6) is 11.5 Å². The van der Waals surface area contributed by atoms with Crippen LogP contribution in [0.2, 0.25) is 8.87 Å². The first-order chi connectivity index (χ1) is 15.2. The second-order valence-corrected chi connectivity index (χ2v) is 17.2. The van der Waals surface area contributed by atoms with Crippen molar-refractivity contribution in [3.63, 3.8) is 0 Å². The fraction of sp³-hybridized carbons (Fsp3) is 0.308. The van der Waals surface area contributed by atoms with Crippen molar-refractivity contribution in [1.82, 2.24) is 9.97 Å². The van der Waals surface area contributed by atoms with E-state index in [1.54, 1.807) is 0 Å². The first-order valence-electron chi connectivity index (χ1n) is 11.3. The Bertz CT molecular complexity index is 1050. The summed E-state index contributed by atoms with van der Waals surface area (Å²) in [5.74, 6) is 1.71. The van der Waals surface area contributed by atoms with Crippen molar-refractivity contribution < 1.29 is 6.15 Å². The molecule has 4 rings (SSSR count). The van der Waals surface area contributed by atoms with Crippen molar-refractivity contribution in [2.75, 3.05) is 0 Å². The average molecular weight is 521 g/mol. The van der Waals surface area contributed by atoms with Gasteiger partial charge in [0.25, 0.3) is 0 Å². The monoisotopic (exact) mass is 522 g/mol. The van der Waals surface area contributed by atoms with Crippen LogP contribution < -0.4 is 6.15 Å². The van der Waals surface area contributed by atoms with Crippen LogP contribution in [0, 0.1) is 0 Å². The summed E-state index contributed by atoms with van der Waals surface area (Å²) in [5, 5.41) is 2.19. The van der Waals surface area contributed by atoms with Crippen molar-refractivity contribution in [3.05, 3.63) is 73.1 Å². The van der Waals surface area contributed by atoms with Crippen LogP contribution in [0.15, 0.2) is 73.1 Å². The summed E-state index contributed by atoms with van der Waals surface area (Å²) < 4.78 is 16.0. The Morgan fingerprint density at radius 3 is 1.55 bits per heavy atom. The van der Waals surface area contributed by atoms with Gasteiger partial charge in [0.2, 0.25) is 0 Å². The summed E-state index contributed by atoms with van der Waals surface area (Å²) in [5.41, 5.74) is 1.83. The third kappa shape index (κ3) is 5.12. The van der Waals surface area contributed by atoms with E-state index in [0.717, 1.165) is 67.9 Å². The van der Waals surface area contributed by atoms with Crippen molar-refractivity contribution >= 4 is 41.0 Å². The molecule has 5 heteroatoms. The van der Waals surface area contributed by atoms with Gasteiger partial charge < -0.3 is 0 Å². The summed E-state index contributed by atoms with van der Waals surface area (Å²) in [6.45, 7) is 4.46. The van der Waals surface area contributed by atoms with E-state index in [-0.39, 0.29) is 0 Å². The quantitative estimate of drug-likeness (QED) is 0.206. The molecule has 0 atom stereocenters. The number of benzene rings is 2. The average Bonchev–Trinajstić information content (AvgIpc) is 2.82. The molecule has 0 N–H and O–H groups in total. The van der Waals surface area contributed by atoms with Crippen LogP contribution in [-0.2, 0) is 0 Å². The van der Waals surface area contributed by atoms with Gasteiger partial charge in [0, 0.05) is 0 Å². The maximum atomic E-state index is 6.97. The van der Waals surface area contributed by atoms with E-state index < -0.39 is 19.2 Å². The van der Waals surface area contributed by atoms with Gasteiger partial charge in [0.1, 0.15) is 0 Å². The first-order valence-corrected chi connectivity index (χ1v) is 17.7. The normalized spacial score (nSPS) is 11.7. The molecule has 0 aliphatic heterocycles. The molecule has 0 aliphatic rings. The van der Waals surface area contributed by atoms with Crippen LogP contribution in [0.25, 0.3) is 21.8 Å². The third-order valence-corrected chi connectivity index (χ3v) is 15.4. The predicted molar refractivity (Wildman–Crippen MR) is 130 cm³/mol. The van der Waals surface area contributed by atoms with E-state index in [1.807, 2.05) is 36.7 Å². The zero-order valence-electron chi connectivity index (χ0n) is 18.4. The third-order valence-electron chi connectivity index (χ3n) is 5.61. The van der Waals surface area contributed by atoms with Crippen molar-refractivity contribution in [2.45, 2.75) is 48.4 Å². The predicted octanol–water partition coefficient (Wildman–Crippen LogP) is 7.28.